The quantitative estimate of drug-likeness (QED) is 0.807. The summed E-state index contributed by atoms with van der Waals surface area (Å²) in [6.07, 6.45) is 7.16. The first kappa shape index (κ1) is 13.8. The molecule has 0 atom stereocenters. The Bertz CT molecular complexity index is 511. The maximum absolute atomic E-state index is 3.65. The minimum absolute atomic E-state index is 0.914. The molecule has 1 aromatic carbocycles. The third kappa shape index (κ3) is 3.71. The Morgan fingerprint density at radius 1 is 1.00 bits per heavy atom. The van der Waals surface area contributed by atoms with Crippen LogP contribution in [-0.4, -0.2) is 6.54 Å². The van der Waals surface area contributed by atoms with Gasteiger partial charge >= 0.3 is 0 Å². The van der Waals surface area contributed by atoms with Crippen molar-refractivity contribution in [3.63, 3.8) is 0 Å². The minimum Gasteiger partial charge on any atom is -0.312 e. The van der Waals surface area contributed by atoms with Gasteiger partial charge in [-0.1, -0.05) is 49.6 Å². The molecular formula is C18H23NS. The summed E-state index contributed by atoms with van der Waals surface area (Å²) in [4.78, 5) is 1.44. The zero-order valence-electron chi connectivity index (χ0n) is 12.0. The van der Waals surface area contributed by atoms with Gasteiger partial charge in [-0.25, -0.2) is 0 Å². The molecule has 0 saturated heterocycles. The fraction of sp³-hybridized carbons (Fsp3) is 0.444. The van der Waals surface area contributed by atoms with E-state index in [1.54, 1.807) is 0 Å². The summed E-state index contributed by atoms with van der Waals surface area (Å²) in [6, 6.07) is 13.0. The van der Waals surface area contributed by atoms with Crippen molar-refractivity contribution < 1.29 is 0 Å². The summed E-state index contributed by atoms with van der Waals surface area (Å²) in [5.41, 5.74) is 2.67. The Hall–Kier alpha value is -1.12. The van der Waals surface area contributed by atoms with Crippen LogP contribution >= 0.6 is 11.3 Å². The fourth-order valence-electron chi connectivity index (χ4n) is 3.05. The Balaban J connectivity index is 1.50. The van der Waals surface area contributed by atoms with E-state index in [0.29, 0.717) is 0 Å². The first-order valence-electron chi connectivity index (χ1n) is 7.75. The average Bonchev–Trinajstić information content (AvgIpc) is 2.98. The lowest BCUT2D eigenvalue weighted by Gasteiger charge is -2.21. The zero-order chi connectivity index (χ0) is 13.6. The second kappa shape index (κ2) is 7.05. The highest BCUT2D eigenvalue weighted by molar-refractivity contribution is 7.10. The Kier molecular flexibility index (Phi) is 4.88. The van der Waals surface area contributed by atoms with Crippen LogP contribution in [0.2, 0.25) is 0 Å². The molecule has 0 amide bonds. The number of hydrogen-bond donors (Lipinski definition) is 1. The molecule has 1 saturated carbocycles. The van der Waals surface area contributed by atoms with Crippen LogP contribution in [-0.2, 0) is 6.54 Å². The van der Waals surface area contributed by atoms with E-state index in [1.165, 1.54) is 54.7 Å². The molecular weight excluding hydrogens is 262 g/mol. The number of rotatable bonds is 5. The van der Waals surface area contributed by atoms with E-state index in [4.69, 9.17) is 0 Å². The van der Waals surface area contributed by atoms with Crippen molar-refractivity contribution in [2.24, 2.45) is 5.92 Å². The topological polar surface area (TPSA) is 12.0 Å². The number of nitrogens with one attached hydrogen (secondary N) is 1. The monoisotopic (exact) mass is 285 g/mol. The molecule has 0 unspecified atom stereocenters. The Morgan fingerprint density at radius 3 is 2.60 bits per heavy atom. The maximum Gasteiger partial charge on any atom is 0.0300 e. The Morgan fingerprint density at radius 2 is 1.80 bits per heavy atom. The molecule has 1 N–H and O–H groups in total. The van der Waals surface area contributed by atoms with Gasteiger partial charge in [-0.3, -0.25) is 0 Å². The summed E-state index contributed by atoms with van der Waals surface area (Å²) >= 11 is 1.87. The first-order valence-corrected chi connectivity index (χ1v) is 8.63. The van der Waals surface area contributed by atoms with E-state index in [1.807, 2.05) is 11.3 Å². The molecule has 106 valence electrons. The maximum atomic E-state index is 3.65. The standard InChI is InChI=1S/C18H23NS/c1-3-7-15(8-4-1)12-19-13-18-11-17(14-20-18)16-9-5-2-6-10-16/h2,5-6,9-11,14-15,19H,1,3-4,7-8,12-13H2. The van der Waals surface area contributed by atoms with Crippen LogP contribution in [0.1, 0.15) is 37.0 Å². The average molecular weight is 285 g/mol. The van der Waals surface area contributed by atoms with E-state index in [2.05, 4.69) is 47.1 Å². The molecule has 0 radical (unpaired) electrons. The first-order chi connectivity index (χ1) is 9.92. The van der Waals surface area contributed by atoms with Crippen molar-refractivity contribution in [2.75, 3.05) is 6.54 Å². The molecule has 20 heavy (non-hydrogen) atoms. The highest BCUT2D eigenvalue weighted by atomic mass is 32.1. The van der Waals surface area contributed by atoms with Crippen molar-refractivity contribution in [2.45, 2.75) is 38.6 Å². The lowest BCUT2D eigenvalue weighted by atomic mass is 9.89. The molecule has 2 aromatic rings. The third-order valence-electron chi connectivity index (χ3n) is 4.22. The normalized spacial score (nSPS) is 16.4. The van der Waals surface area contributed by atoms with Gasteiger partial charge in [-0.2, -0.15) is 0 Å². The lowest BCUT2D eigenvalue weighted by Crippen LogP contribution is -2.23. The van der Waals surface area contributed by atoms with Crippen molar-refractivity contribution in [1.82, 2.24) is 5.32 Å². The van der Waals surface area contributed by atoms with Gasteiger partial charge in [-0.15, -0.1) is 11.3 Å². The molecule has 0 aliphatic heterocycles. The largest absolute Gasteiger partial charge is 0.312 e. The highest BCUT2D eigenvalue weighted by Crippen LogP contribution is 2.26. The van der Waals surface area contributed by atoms with Crippen molar-refractivity contribution in [3.05, 3.63) is 46.7 Å². The van der Waals surface area contributed by atoms with E-state index >= 15 is 0 Å². The second-order valence-corrected chi connectivity index (χ2v) is 6.80. The van der Waals surface area contributed by atoms with Gasteiger partial charge in [0.15, 0.2) is 0 Å². The molecule has 1 aliphatic rings. The van der Waals surface area contributed by atoms with Crippen molar-refractivity contribution in [3.8, 4) is 11.1 Å². The van der Waals surface area contributed by atoms with Crippen LogP contribution in [0, 0.1) is 5.92 Å². The number of thiophene rings is 1. The summed E-state index contributed by atoms with van der Waals surface area (Å²) in [5, 5.41) is 5.92. The van der Waals surface area contributed by atoms with Crippen LogP contribution in [0.4, 0.5) is 0 Å². The van der Waals surface area contributed by atoms with Gasteiger partial charge in [-0.05, 0) is 47.9 Å². The molecule has 1 aromatic heterocycles. The van der Waals surface area contributed by atoms with Gasteiger partial charge in [0.2, 0.25) is 0 Å². The van der Waals surface area contributed by atoms with E-state index in [9.17, 15) is 0 Å². The number of hydrogen-bond acceptors (Lipinski definition) is 2. The zero-order valence-corrected chi connectivity index (χ0v) is 12.8. The molecule has 1 aliphatic carbocycles. The summed E-state index contributed by atoms with van der Waals surface area (Å²) in [7, 11) is 0. The second-order valence-electron chi connectivity index (χ2n) is 5.80. The van der Waals surface area contributed by atoms with Gasteiger partial charge in [0.25, 0.3) is 0 Å². The van der Waals surface area contributed by atoms with Crippen LogP contribution in [0.3, 0.4) is 0 Å². The molecule has 1 fully saturated rings. The Labute approximate surface area is 126 Å². The predicted molar refractivity (Wildman–Crippen MR) is 88.0 cm³/mol. The molecule has 3 rings (SSSR count). The summed E-state index contributed by atoms with van der Waals surface area (Å²) in [5.74, 6) is 0.914. The van der Waals surface area contributed by atoms with Crippen molar-refractivity contribution in [1.29, 1.82) is 0 Å². The highest BCUT2D eigenvalue weighted by Gasteiger charge is 2.12. The summed E-state index contributed by atoms with van der Waals surface area (Å²) in [6.45, 7) is 2.21. The molecule has 1 heterocycles. The van der Waals surface area contributed by atoms with Crippen LogP contribution in [0.5, 0.6) is 0 Å². The van der Waals surface area contributed by atoms with Gasteiger partial charge in [0.05, 0.1) is 0 Å². The molecule has 1 nitrogen and oxygen atoms in total. The summed E-state index contributed by atoms with van der Waals surface area (Å²) < 4.78 is 0. The predicted octanol–water partition coefficient (Wildman–Crippen LogP) is 5.09. The van der Waals surface area contributed by atoms with E-state index in [0.717, 1.165) is 12.5 Å². The third-order valence-corrected chi connectivity index (χ3v) is 5.15. The number of benzene rings is 1. The lowest BCUT2D eigenvalue weighted by molar-refractivity contribution is 0.342. The van der Waals surface area contributed by atoms with Gasteiger partial charge < -0.3 is 5.32 Å². The van der Waals surface area contributed by atoms with Crippen LogP contribution in [0.15, 0.2) is 41.8 Å². The molecule has 0 bridgehead atoms. The van der Waals surface area contributed by atoms with Gasteiger partial charge in [0.1, 0.15) is 0 Å². The van der Waals surface area contributed by atoms with Crippen LogP contribution < -0.4 is 5.32 Å². The van der Waals surface area contributed by atoms with E-state index < -0.39 is 0 Å². The SMILES string of the molecule is c1ccc(-c2csc(CNCC3CCCCC3)c2)cc1. The molecule has 2 heteroatoms. The molecule has 0 spiro atoms. The van der Waals surface area contributed by atoms with Gasteiger partial charge in [0, 0.05) is 11.4 Å². The minimum atomic E-state index is 0.914. The van der Waals surface area contributed by atoms with Crippen molar-refractivity contribution >= 4 is 11.3 Å². The van der Waals surface area contributed by atoms with Crippen LogP contribution in [0.25, 0.3) is 11.1 Å². The fourth-order valence-corrected chi connectivity index (χ4v) is 3.91. The smallest absolute Gasteiger partial charge is 0.0300 e. The van der Waals surface area contributed by atoms with E-state index in [-0.39, 0.29) is 0 Å².